The quantitative estimate of drug-likeness (QED) is 0.774. The lowest BCUT2D eigenvalue weighted by Crippen LogP contribution is -2.33. The molecule has 102 valence electrons. The Hall–Kier alpha value is -2.04. The molecule has 1 amide bonds. The van der Waals surface area contributed by atoms with Gasteiger partial charge in [-0.25, -0.2) is 0 Å². The van der Waals surface area contributed by atoms with E-state index in [1.807, 2.05) is 0 Å². The third-order valence-corrected chi connectivity index (χ3v) is 3.60. The van der Waals surface area contributed by atoms with Gasteiger partial charge in [-0.2, -0.15) is 0 Å². The van der Waals surface area contributed by atoms with Crippen molar-refractivity contribution in [3.05, 3.63) is 29.3 Å². The van der Waals surface area contributed by atoms with Crippen LogP contribution in [0, 0.1) is 12.8 Å². The van der Waals surface area contributed by atoms with Crippen molar-refractivity contribution >= 4 is 11.9 Å². The first-order valence-electron chi connectivity index (χ1n) is 6.31. The third-order valence-electron chi connectivity index (χ3n) is 3.60. The summed E-state index contributed by atoms with van der Waals surface area (Å²) in [6, 6.07) is 4.86. The van der Waals surface area contributed by atoms with E-state index in [0.717, 1.165) is 0 Å². The molecule has 2 atom stereocenters. The molecular weight excluding hydrogens is 246 g/mol. The van der Waals surface area contributed by atoms with Gasteiger partial charge in [0.15, 0.2) is 0 Å². The second-order valence-electron chi connectivity index (χ2n) is 4.99. The van der Waals surface area contributed by atoms with Gasteiger partial charge in [0.1, 0.15) is 5.75 Å². The summed E-state index contributed by atoms with van der Waals surface area (Å²) in [5.41, 5.74) is 0.876. The lowest BCUT2D eigenvalue weighted by atomic mass is 10.1. The van der Waals surface area contributed by atoms with Gasteiger partial charge < -0.3 is 15.5 Å². The van der Waals surface area contributed by atoms with Gasteiger partial charge in [0.2, 0.25) is 0 Å². The van der Waals surface area contributed by atoms with Gasteiger partial charge in [-0.05, 0) is 37.8 Å². The summed E-state index contributed by atoms with van der Waals surface area (Å²) in [4.78, 5) is 22.9. The van der Waals surface area contributed by atoms with Crippen molar-refractivity contribution in [2.75, 3.05) is 0 Å². The first kappa shape index (κ1) is 13.4. The molecule has 1 fully saturated rings. The Morgan fingerprint density at radius 1 is 1.32 bits per heavy atom. The molecule has 5 nitrogen and oxygen atoms in total. The lowest BCUT2D eigenvalue weighted by molar-refractivity contribution is -0.141. The average molecular weight is 263 g/mol. The predicted octanol–water partition coefficient (Wildman–Crippen LogP) is 1.68. The SMILES string of the molecule is Cc1cccc(C(=O)NC2CCC(C(=O)O)C2)c1O. The van der Waals surface area contributed by atoms with E-state index < -0.39 is 5.97 Å². The van der Waals surface area contributed by atoms with Crippen LogP contribution in [-0.2, 0) is 4.79 Å². The normalized spacial score (nSPS) is 22.2. The van der Waals surface area contributed by atoms with Crippen LogP contribution in [0.2, 0.25) is 0 Å². The Morgan fingerprint density at radius 2 is 2.05 bits per heavy atom. The number of amides is 1. The van der Waals surface area contributed by atoms with Crippen molar-refractivity contribution in [1.82, 2.24) is 5.32 Å². The van der Waals surface area contributed by atoms with E-state index in [4.69, 9.17) is 5.11 Å². The maximum atomic E-state index is 12.0. The summed E-state index contributed by atoms with van der Waals surface area (Å²) < 4.78 is 0. The van der Waals surface area contributed by atoms with E-state index >= 15 is 0 Å². The maximum Gasteiger partial charge on any atom is 0.306 e. The first-order chi connectivity index (χ1) is 8.99. The van der Waals surface area contributed by atoms with E-state index in [2.05, 4.69) is 5.32 Å². The van der Waals surface area contributed by atoms with Gasteiger partial charge in [-0.15, -0.1) is 0 Å². The van der Waals surface area contributed by atoms with Gasteiger partial charge in [-0.1, -0.05) is 12.1 Å². The number of benzene rings is 1. The predicted molar refractivity (Wildman–Crippen MR) is 69.1 cm³/mol. The Balaban J connectivity index is 2.02. The highest BCUT2D eigenvalue weighted by Crippen LogP contribution is 2.27. The molecule has 0 bridgehead atoms. The minimum Gasteiger partial charge on any atom is -0.507 e. The monoisotopic (exact) mass is 263 g/mol. The van der Waals surface area contributed by atoms with Crippen molar-refractivity contribution in [1.29, 1.82) is 0 Å². The van der Waals surface area contributed by atoms with Crippen LogP contribution < -0.4 is 5.32 Å². The minimum absolute atomic E-state index is 0.0206. The van der Waals surface area contributed by atoms with Crippen LogP contribution in [-0.4, -0.2) is 28.1 Å². The van der Waals surface area contributed by atoms with Crippen LogP contribution >= 0.6 is 0 Å². The summed E-state index contributed by atoms with van der Waals surface area (Å²) in [5, 5.41) is 21.5. The molecule has 0 radical (unpaired) electrons. The van der Waals surface area contributed by atoms with Crippen molar-refractivity contribution < 1.29 is 19.8 Å². The summed E-state index contributed by atoms with van der Waals surface area (Å²) in [6.07, 6.45) is 1.70. The molecule has 3 N–H and O–H groups in total. The van der Waals surface area contributed by atoms with E-state index in [1.165, 1.54) is 0 Å². The number of nitrogens with one attached hydrogen (secondary N) is 1. The fraction of sp³-hybridized carbons (Fsp3) is 0.429. The molecule has 1 aliphatic rings. The third kappa shape index (κ3) is 2.86. The molecule has 0 aromatic heterocycles. The molecular formula is C14H17NO4. The molecule has 2 rings (SSSR count). The second-order valence-corrected chi connectivity index (χ2v) is 4.99. The van der Waals surface area contributed by atoms with E-state index in [9.17, 15) is 14.7 Å². The van der Waals surface area contributed by atoms with E-state index in [0.29, 0.717) is 24.8 Å². The van der Waals surface area contributed by atoms with Crippen LogP contribution in [0.1, 0.15) is 35.2 Å². The molecule has 0 heterocycles. The molecule has 2 unspecified atom stereocenters. The summed E-state index contributed by atoms with van der Waals surface area (Å²) in [7, 11) is 0. The first-order valence-corrected chi connectivity index (χ1v) is 6.31. The number of carbonyl (C=O) groups is 2. The van der Waals surface area contributed by atoms with Crippen LogP contribution in [0.5, 0.6) is 5.75 Å². The summed E-state index contributed by atoms with van der Waals surface area (Å²) in [5.74, 6) is -1.56. The largest absolute Gasteiger partial charge is 0.507 e. The zero-order valence-corrected chi connectivity index (χ0v) is 10.7. The van der Waals surface area contributed by atoms with Crippen molar-refractivity contribution in [2.45, 2.75) is 32.2 Å². The molecule has 1 saturated carbocycles. The van der Waals surface area contributed by atoms with Gasteiger partial charge in [0.05, 0.1) is 11.5 Å². The standard InChI is InChI=1S/C14H17NO4/c1-8-3-2-4-11(12(8)16)13(17)15-10-6-5-9(7-10)14(18)19/h2-4,9-10,16H,5-7H2,1H3,(H,15,17)(H,18,19). The highest BCUT2D eigenvalue weighted by Gasteiger charge is 2.31. The van der Waals surface area contributed by atoms with Gasteiger partial charge in [0, 0.05) is 6.04 Å². The van der Waals surface area contributed by atoms with Crippen molar-refractivity contribution in [2.24, 2.45) is 5.92 Å². The summed E-state index contributed by atoms with van der Waals surface area (Å²) >= 11 is 0. The Bertz CT molecular complexity index is 512. The van der Waals surface area contributed by atoms with Crippen molar-refractivity contribution in [3.63, 3.8) is 0 Å². The van der Waals surface area contributed by atoms with Gasteiger partial charge >= 0.3 is 5.97 Å². The zero-order valence-electron chi connectivity index (χ0n) is 10.7. The number of para-hydroxylation sites is 1. The minimum atomic E-state index is -0.810. The Labute approximate surface area is 111 Å². The molecule has 19 heavy (non-hydrogen) atoms. The molecule has 0 spiro atoms. The summed E-state index contributed by atoms with van der Waals surface area (Å²) in [6.45, 7) is 1.72. The van der Waals surface area contributed by atoms with Crippen LogP contribution in [0.3, 0.4) is 0 Å². The Morgan fingerprint density at radius 3 is 2.68 bits per heavy atom. The van der Waals surface area contributed by atoms with E-state index in [1.54, 1.807) is 25.1 Å². The number of hydrogen-bond acceptors (Lipinski definition) is 3. The molecule has 1 aromatic carbocycles. The van der Waals surface area contributed by atoms with Crippen LogP contribution in [0.25, 0.3) is 0 Å². The second kappa shape index (κ2) is 5.30. The maximum absolute atomic E-state index is 12.0. The molecule has 1 aliphatic carbocycles. The average Bonchev–Trinajstić information content (AvgIpc) is 2.81. The van der Waals surface area contributed by atoms with Crippen molar-refractivity contribution in [3.8, 4) is 5.75 Å². The van der Waals surface area contributed by atoms with Crippen LogP contribution in [0.4, 0.5) is 0 Å². The number of carbonyl (C=O) groups excluding carboxylic acids is 1. The highest BCUT2D eigenvalue weighted by atomic mass is 16.4. The number of aryl methyl sites for hydroxylation is 1. The number of carboxylic acids is 1. The van der Waals surface area contributed by atoms with E-state index in [-0.39, 0.29) is 29.2 Å². The fourth-order valence-corrected chi connectivity index (χ4v) is 2.44. The van der Waals surface area contributed by atoms with Gasteiger partial charge in [0.25, 0.3) is 5.91 Å². The number of carboxylic acid groups (broad SMARTS) is 1. The Kier molecular flexibility index (Phi) is 3.74. The number of aromatic hydroxyl groups is 1. The molecule has 0 aliphatic heterocycles. The molecule has 0 saturated heterocycles. The molecule has 5 heteroatoms. The zero-order chi connectivity index (χ0) is 14.0. The number of rotatable bonds is 3. The number of phenolic OH excluding ortho intramolecular Hbond substituents is 1. The molecule has 1 aromatic rings. The lowest BCUT2D eigenvalue weighted by Gasteiger charge is -2.13. The number of phenols is 1. The van der Waals surface area contributed by atoms with Crippen LogP contribution in [0.15, 0.2) is 18.2 Å². The smallest absolute Gasteiger partial charge is 0.306 e. The fourth-order valence-electron chi connectivity index (χ4n) is 2.44. The highest BCUT2D eigenvalue weighted by molar-refractivity contribution is 5.97. The number of hydrogen-bond donors (Lipinski definition) is 3. The van der Waals surface area contributed by atoms with Gasteiger partial charge in [-0.3, -0.25) is 9.59 Å². The topological polar surface area (TPSA) is 86.6 Å². The number of aliphatic carboxylic acids is 1.